The number of benzene rings is 1. The normalized spacial score (nSPS) is 32.8. The first kappa shape index (κ1) is 17.8. The fourth-order valence-electron chi connectivity index (χ4n) is 4.84. The Balaban J connectivity index is 1.68. The molecule has 0 radical (unpaired) electrons. The molecule has 1 aromatic rings. The molecule has 1 aromatic carbocycles. The van der Waals surface area contributed by atoms with Crippen molar-refractivity contribution in [3.8, 4) is 0 Å². The number of rotatable bonds is 4. The summed E-state index contributed by atoms with van der Waals surface area (Å²) in [5.74, 6) is 1.63. The zero-order valence-electron chi connectivity index (χ0n) is 16.2. The quantitative estimate of drug-likeness (QED) is 0.817. The largest absolute Gasteiger partial charge is 0.381 e. The highest BCUT2D eigenvalue weighted by Gasteiger charge is 2.43. The highest BCUT2D eigenvalue weighted by atomic mass is 16.5. The van der Waals surface area contributed by atoms with Crippen LogP contribution in [-0.4, -0.2) is 25.7 Å². The van der Waals surface area contributed by atoms with Crippen molar-refractivity contribution in [3.63, 3.8) is 0 Å². The Morgan fingerprint density at radius 2 is 2.12 bits per heavy atom. The maximum absolute atomic E-state index is 6.67. The molecule has 26 heavy (non-hydrogen) atoms. The molecule has 3 nitrogen and oxygen atoms in total. The average Bonchev–Trinajstić information content (AvgIpc) is 2.68. The van der Waals surface area contributed by atoms with Crippen LogP contribution < -0.4 is 10.6 Å². The van der Waals surface area contributed by atoms with Crippen LogP contribution in [0, 0.1) is 11.8 Å². The number of hydrogen-bond donors (Lipinski definition) is 2. The van der Waals surface area contributed by atoms with Gasteiger partial charge in [-0.15, -0.1) is 0 Å². The average molecular weight is 353 g/mol. The monoisotopic (exact) mass is 352 g/mol. The van der Waals surface area contributed by atoms with Crippen molar-refractivity contribution in [2.75, 3.05) is 18.9 Å². The second-order valence-corrected chi connectivity index (χ2v) is 8.36. The predicted molar refractivity (Wildman–Crippen MR) is 109 cm³/mol. The Morgan fingerprint density at radius 3 is 2.85 bits per heavy atom. The maximum Gasteiger partial charge on any atom is 0.0897 e. The van der Waals surface area contributed by atoms with Crippen LogP contribution in [0.25, 0.3) is 0 Å². The Kier molecular flexibility index (Phi) is 5.19. The van der Waals surface area contributed by atoms with Crippen molar-refractivity contribution in [3.05, 3.63) is 53.6 Å². The van der Waals surface area contributed by atoms with Crippen molar-refractivity contribution in [1.82, 2.24) is 5.32 Å². The van der Waals surface area contributed by atoms with E-state index in [9.17, 15) is 0 Å². The van der Waals surface area contributed by atoms with Gasteiger partial charge in [-0.2, -0.15) is 0 Å². The number of allylic oxidation sites excluding steroid dienone is 3. The summed E-state index contributed by atoms with van der Waals surface area (Å²) in [5, 5.41) is 7.20. The zero-order chi connectivity index (χ0) is 18.1. The van der Waals surface area contributed by atoms with Crippen LogP contribution in [0.15, 0.2) is 42.5 Å². The number of likely N-dealkylation sites (N-methyl/N-ethyl adjacent to an activating group) is 1. The summed E-state index contributed by atoms with van der Waals surface area (Å²) in [6.45, 7) is 5.47. The summed E-state index contributed by atoms with van der Waals surface area (Å²) in [4.78, 5) is 0. The summed E-state index contributed by atoms with van der Waals surface area (Å²) in [6.07, 6.45) is 13.1. The lowest BCUT2D eigenvalue weighted by atomic mass is 9.72. The minimum absolute atomic E-state index is 0.210. The number of anilines is 1. The fraction of sp³-hybridized carbons (Fsp3) is 0.565. The van der Waals surface area contributed by atoms with E-state index in [2.05, 4.69) is 67.0 Å². The molecule has 5 atom stereocenters. The molecule has 0 aromatic heterocycles. The van der Waals surface area contributed by atoms with Gasteiger partial charge in [-0.05, 0) is 43.9 Å². The van der Waals surface area contributed by atoms with Gasteiger partial charge < -0.3 is 15.4 Å². The van der Waals surface area contributed by atoms with Crippen molar-refractivity contribution < 1.29 is 4.74 Å². The standard InChI is InChI=1S/C23H32N2O/c1-15(2)17-9-12-21-20(13-17)23-19(11-10-18(26-23)14-24-3)22(25-21)16-7-5-4-6-8-16/h4-7,9,12-13,15-16,18-19,22-25H,8,10-11,14H2,1-3H3/t16?,18-,19+,22+,23+/m1/s1. The highest BCUT2D eigenvalue weighted by molar-refractivity contribution is 5.58. The van der Waals surface area contributed by atoms with Crippen LogP contribution in [-0.2, 0) is 4.74 Å². The first-order valence-corrected chi connectivity index (χ1v) is 10.2. The lowest BCUT2D eigenvalue weighted by Crippen LogP contribution is -2.48. The van der Waals surface area contributed by atoms with E-state index in [4.69, 9.17) is 4.74 Å². The second kappa shape index (κ2) is 7.58. The molecule has 0 bridgehead atoms. The summed E-state index contributed by atoms with van der Waals surface area (Å²) in [6, 6.07) is 7.40. The third kappa shape index (κ3) is 3.35. The second-order valence-electron chi connectivity index (χ2n) is 8.36. The minimum Gasteiger partial charge on any atom is -0.381 e. The number of ether oxygens (including phenoxy) is 1. The van der Waals surface area contributed by atoms with Crippen LogP contribution in [0.2, 0.25) is 0 Å². The molecule has 1 aliphatic carbocycles. The zero-order valence-corrected chi connectivity index (χ0v) is 16.2. The van der Waals surface area contributed by atoms with Gasteiger partial charge in [0.2, 0.25) is 0 Å². The molecule has 0 spiro atoms. The van der Waals surface area contributed by atoms with Crippen molar-refractivity contribution in [2.24, 2.45) is 11.8 Å². The van der Waals surface area contributed by atoms with Gasteiger partial charge in [-0.3, -0.25) is 0 Å². The molecular formula is C23H32N2O. The van der Waals surface area contributed by atoms with Gasteiger partial charge in [0.15, 0.2) is 0 Å². The molecule has 1 fully saturated rings. The molecule has 0 saturated carbocycles. The molecule has 2 aliphatic heterocycles. The molecule has 2 N–H and O–H groups in total. The van der Waals surface area contributed by atoms with Crippen LogP contribution >= 0.6 is 0 Å². The molecular weight excluding hydrogens is 320 g/mol. The van der Waals surface area contributed by atoms with Crippen molar-refractivity contribution in [1.29, 1.82) is 0 Å². The van der Waals surface area contributed by atoms with E-state index in [1.807, 2.05) is 7.05 Å². The molecule has 3 aliphatic rings. The summed E-state index contributed by atoms with van der Waals surface area (Å²) >= 11 is 0. The Bertz CT molecular complexity index is 693. The lowest BCUT2D eigenvalue weighted by Gasteiger charge is -2.47. The van der Waals surface area contributed by atoms with Gasteiger partial charge >= 0.3 is 0 Å². The maximum atomic E-state index is 6.67. The van der Waals surface area contributed by atoms with Gasteiger partial charge in [-0.25, -0.2) is 0 Å². The van der Waals surface area contributed by atoms with Crippen LogP contribution in [0.3, 0.4) is 0 Å². The first-order chi connectivity index (χ1) is 12.7. The number of nitrogens with one attached hydrogen (secondary N) is 2. The van der Waals surface area contributed by atoms with Gasteiger partial charge in [0, 0.05) is 35.7 Å². The van der Waals surface area contributed by atoms with Gasteiger partial charge in [-0.1, -0.05) is 50.3 Å². The van der Waals surface area contributed by atoms with Gasteiger partial charge in [0.05, 0.1) is 12.2 Å². The van der Waals surface area contributed by atoms with E-state index in [1.165, 1.54) is 23.2 Å². The first-order valence-electron chi connectivity index (χ1n) is 10.2. The van der Waals surface area contributed by atoms with E-state index >= 15 is 0 Å². The number of fused-ring (bicyclic) bond motifs is 3. The Labute approximate surface area is 157 Å². The molecule has 2 heterocycles. The summed E-state index contributed by atoms with van der Waals surface area (Å²) in [7, 11) is 2.02. The van der Waals surface area contributed by atoms with E-state index in [0.29, 0.717) is 29.9 Å². The van der Waals surface area contributed by atoms with E-state index in [0.717, 1.165) is 19.4 Å². The Morgan fingerprint density at radius 1 is 1.23 bits per heavy atom. The van der Waals surface area contributed by atoms with E-state index < -0.39 is 0 Å². The minimum atomic E-state index is 0.210. The van der Waals surface area contributed by atoms with Crippen LogP contribution in [0.4, 0.5) is 5.69 Å². The molecule has 3 heteroatoms. The van der Waals surface area contributed by atoms with Gasteiger partial charge in [0.1, 0.15) is 0 Å². The molecule has 0 amide bonds. The third-order valence-electron chi connectivity index (χ3n) is 6.29. The molecule has 4 rings (SSSR count). The smallest absolute Gasteiger partial charge is 0.0897 e. The predicted octanol–water partition coefficient (Wildman–Crippen LogP) is 4.79. The molecule has 140 valence electrons. The fourth-order valence-corrected chi connectivity index (χ4v) is 4.84. The third-order valence-corrected chi connectivity index (χ3v) is 6.29. The van der Waals surface area contributed by atoms with Crippen LogP contribution in [0.1, 0.15) is 56.3 Å². The number of hydrogen-bond acceptors (Lipinski definition) is 3. The summed E-state index contributed by atoms with van der Waals surface area (Å²) < 4.78 is 6.67. The molecule has 1 unspecified atom stereocenters. The lowest BCUT2D eigenvalue weighted by molar-refractivity contribution is -0.0934. The highest BCUT2D eigenvalue weighted by Crippen LogP contribution is 2.48. The Hall–Kier alpha value is -1.58. The van der Waals surface area contributed by atoms with Crippen molar-refractivity contribution in [2.45, 2.75) is 57.3 Å². The van der Waals surface area contributed by atoms with Crippen LogP contribution in [0.5, 0.6) is 0 Å². The summed E-state index contributed by atoms with van der Waals surface area (Å²) in [5.41, 5.74) is 4.05. The van der Waals surface area contributed by atoms with Crippen molar-refractivity contribution >= 4 is 5.69 Å². The molecule has 1 saturated heterocycles. The SMILES string of the molecule is CNC[C@H]1CC[C@@H]2[C@H](O1)c1cc(C(C)C)ccc1N[C@H]2C1C=CC=CC1. The van der Waals surface area contributed by atoms with E-state index in [-0.39, 0.29) is 6.10 Å². The topological polar surface area (TPSA) is 33.3 Å². The van der Waals surface area contributed by atoms with E-state index in [1.54, 1.807) is 0 Å². The van der Waals surface area contributed by atoms with Gasteiger partial charge in [0.25, 0.3) is 0 Å².